The van der Waals surface area contributed by atoms with E-state index in [0.717, 1.165) is 12.8 Å². The number of hydrogen-bond acceptors (Lipinski definition) is 5. The first kappa shape index (κ1) is 16.8. The van der Waals surface area contributed by atoms with Crippen molar-refractivity contribution in [1.29, 1.82) is 0 Å². The maximum Gasteiger partial charge on any atom is 0.410 e. The molecule has 0 saturated carbocycles. The highest BCUT2D eigenvalue weighted by atomic mass is 16.6. The van der Waals surface area contributed by atoms with Crippen LogP contribution in [-0.4, -0.2) is 48.8 Å². The predicted molar refractivity (Wildman–Crippen MR) is 75.1 cm³/mol. The first-order valence-corrected chi connectivity index (χ1v) is 7.03. The number of nitrogens with two attached hydrogens (primary N) is 1. The molecule has 6 nitrogen and oxygen atoms in total. The van der Waals surface area contributed by atoms with Gasteiger partial charge in [0.25, 0.3) is 0 Å². The Morgan fingerprint density at radius 1 is 1.40 bits per heavy atom. The zero-order valence-corrected chi connectivity index (χ0v) is 12.8. The van der Waals surface area contributed by atoms with E-state index in [1.54, 1.807) is 4.90 Å². The van der Waals surface area contributed by atoms with Crippen LogP contribution in [0.4, 0.5) is 4.79 Å². The molecule has 0 aliphatic carbocycles. The molecule has 0 aromatic carbocycles. The van der Waals surface area contributed by atoms with Gasteiger partial charge in [0.15, 0.2) is 0 Å². The molecule has 6 heteroatoms. The number of carbonyl (C=O) groups is 2. The van der Waals surface area contributed by atoms with E-state index in [0.29, 0.717) is 13.1 Å². The number of esters is 1. The van der Waals surface area contributed by atoms with Crippen LogP contribution < -0.4 is 5.73 Å². The van der Waals surface area contributed by atoms with Crippen LogP contribution in [-0.2, 0) is 14.3 Å². The van der Waals surface area contributed by atoms with Gasteiger partial charge < -0.3 is 20.1 Å². The fraction of sp³-hybridized carbons (Fsp3) is 0.857. The highest BCUT2D eigenvalue weighted by Crippen LogP contribution is 2.22. The fourth-order valence-corrected chi connectivity index (χ4v) is 2.29. The summed E-state index contributed by atoms with van der Waals surface area (Å²) in [6, 6.07) is -0.285. The first-order valence-electron chi connectivity index (χ1n) is 7.03. The second kappa shape index (κ2) is 6.92. The summed E-state index contributed by atoms with van der Waals surface area (Å²) in [4.78, 5) is 25.0. The van der Waals surface area contributed by atoms with E-state index < -0.39 is 5.60 Å². The summed E-state index contributed by atoms with van der Waals surface area (Å²) in [5.41, 5.74) is 5.53. The Hall–Kier alpha value is -1.30. The number of carbonyl (C=O) groups excluding carboxylic acids is 2. The molecule has 0 aromatic heterocycles. The number of ether oxygens (including phenoxy) is 2. The van der Waals surface area contributed by atoms with Gasteiger partial charge in [0.2, 0.25) is 0 Å². The van der Waals surface area contributed by atoms with E-state index >= 15 is 0 Å². The summed E-state index contributed by atoms with van der Waals surface area (Å²) in [6.45, 7) is 6.74. The van der Waals surface area contributed by atoms with Crippen molar-refractivity contribution in [3.05, 3.63) is 0 Å². The number of rotatable bonds is 3. The molecule has 1 heterocycles. The molecule has 1 amide bonds. The highest BCUT2D eigenvalue weighted by Gasteiger charge is 2.31. The van der Waals surface area contributed by atoms with Crippen LogP contribution in [0.2, 0.25) is 0 Å². The molecule has 20 heavy (non-hydrogen) atoms. The lowest BCUT2D eigenvalue weighted by Crippen LogP contribution is -2.48. The van der Waals surface area contributed by atoms with Gasteiger partial charge in [-0.1, -0.05) is 0 Å². The average Bonchev–Trinajstić information content (AvgIpc) is 2.36. The summed E-state index contributed by atoms with van der Waals surface area (Å²) in [5.74, 6) is -0.206. The van der Waals surface area contributed by atoms with E-state index in [4.69, 9.17) is 10.5 Å². The van der Waals surface area contributed by atoms with Crippen LogP contribution >= 0.6 is 0 Å². The number of methoxy groups -OCH3 is 1. The molecule has 0 radical (unpaired) electrons. The molecule has 2 atom stereocenters. The minimum absolute atomic E-state index is 0.107. The van der Waals surface area contributed by atoms with E-state index in [1.807, 2.05) is 20.8 Å². The SMILES string of the molecule is COC(=O)C[C@@H](N)[C@H]1CCCN(C(=O)OC(C)(C)C)C1. The molecule has 1 aliphatic rings. The molecular formula is C14H26N2O4. The largest absolute Gasteiger partial charge is 0.469 e. The molecular weight excluding hydrogens is 260 g/mol. The Morgan fingerprint density at radius 2 is 2.05 bits per heavy atom. The molecule has 1 rings (SSSR count). The number of amides is 1. The van der Waals surface area contributed by atoms with Gasteiger partial charge in [0.1, 0.15) is 5.60 Å². The van der Waals surface area contributed by atoms with Gasteiger partial charge >= 0.3 is 12.1 Å². The zero-order valence-electron chi connectivity index (χ0n) is 12.8. The summed E-state index contributed by atoms with van der Waals surface area (Å²) in [6.07, 6.45) is 1.66. The minimum atomic E-state index is -0.502. The van der Waals surface area contributed by atoms with Gasteiger partial charge in [0.05, 0.1) is 13.5 Å². The van der Waals surface area contributed by atoms with Crippen LogP contribution in [0.15, 0.2) is 0 Å². The smallest absolute Gasteiger partial charge is 0.410 e. The third kappa shape index (κ3) is 5.36. The molecule has 2 N–H and O–H groups in total. The topological polar surface area (TPSA) is 81.9 Å². The maximum absolute atomic E-state index is 12.0. The number of hydrogen-bond donors (Lipinski definition) is 1. The van der Waals surface area contributed by atoms with Crippen molar-refractivity contribution in [2.24, 2.45) is 11.7 Å². The van der Waals surface area contributed by atoms with Crippen molar-refractivity contribution in [3.63, 3.8) is 0 Å². The molecule has 0 unspecified atom stereocenters. The summed E-state index contributed by atoms with van der Waals surface area (Å²) in [5, 5.41) is 0. The van der Waals surface area contributed by atoms with Crippen LogP contribution in [0.1, 0.15) is 40.0 Å². The Balaban J connectivity index is 2.53. The average molecular weight is 286 g/mol. The highest BCUT2D eigenvalue weighted by molar-refractivity contribution is 5.70. The fourth-order valence-electron chi connectivity index (χ4n) is 2.29. The maximum atomic E-state index is 12.0. The molecule has 1 saturated heterocycles. The van der Waals surface area contributed by atoms with Gasteiger partial charge in [0, 0.05) is 19.1 Å². The Kier molecular flexibility index (Phi) is 5.80. The van der Waals surface area contributed by atoms with E-state index in [-0.39, 0.29) is 30.4 Å². The van der Waals surface area contributed by atoms with Crippen LogP contribution in [0.5, 0.6) is 0 Å². The first-order chi connectivity index (χ1) is 9.23. The summed E-state index contributed by atoms with van der Waals surface area (Å²) in [7, 11) is 1.35. The van der Waals surface area contributed by atoms with Crippen molar-refractivity contribution >= 4 is 12.1 Å². The second-order valence-corrected chi connectivity index (χ2v) is 6.27. The molecule has 1 fully saturated rings. The third-order valence-electron chi connectivity index (χ3n) is 3.35. The van der Waals surface area contributed by atoms with Crippen molar-refractivity contribution in [2.45, 2.75) is 51.7 Å². The molecule has 0 spiro atoms. The zero-order chi connectivity index (χ0) is 15.3. The monoisotopic (exact) mass is 286 g/mol. The minimum Gasteiger partial charge on any atom is -0.469 e. The molecule has 116 valence electrons. The van der Waals surface area contributed by atoms with E-state index in [2.05, 4.69) is 4.74 Å². The van der Waals surface area contributed by atoms with E-state index in [1.165, 1.54) is 7.11 Å². The van der Waals surface area contributed by atoms with Gasteiger partial charge in [-0.2, -0.15) is 0 Å². The Bertz CT molecular complexity index is 352. The number of likely N-dealkylation sites (tertiary alicyclic amines) is 1. The molecule has 0 aromatic rings. The van der Waals surface area contributed by atoms with Crippen molar-refractivity contribution in [3.8, 4) is 0 Å². The predicted octanol–water partition coefficient (Wildman–Crippen LogP) is 1.52. The van der Waals surface area contributed by atoms with Crippen molar-refractivity contribution < 1.29 is 19.1 Å². The summed E-state index contributed by atoms with van der Waals surface area (Å²) >= 11 is 0. The lowest BCUT2D eigenvalue weighted by atomic mass is 9.89. The van der Waals surface area contributed by atoms with Gasteiger partial charge in [-0.15, -0.1) is 0 Å². The Labute approximate surface area is 120 Å². The molecule has 0 bridgehead atoms. The van der Waals surface area contributed by atoms with Gasteiger partial charge in [-0.25, -0.2) is 4.79 Å². The van der Waals surface area contributed by atoms with Crippen molar-refractivity contribution in [1.82, 2.24) is 4.90 Å². The third-order valence-corrected chi connectivity index (χ3v) is 3.35. The second-order valence-electron chi connectivity index (χ2n) is 6.27. The van der Waals surface area contributed by atoms with Gasteiger partial charge in [-0.3, -0.25) is 4.79 Å². The van der Waals surface area contributed by atoms with E-state index in [9.17, 15) is 9.59 Å². The molecule has 1 aliphatic heterocycles. The van der Waals surface area contributed by atoms with Crippen molar-refractivity contribution in [2.75, 3.05) is 20.2 Å². The Morgan fingerprint density at radius 3 is 2.60 bits per heavy atom. The van der Waals surface area contributed by atoms with Crippen LogP contribution in [0.3, 0.4) is 0 Å². The normalized spacial score (nSPS) is 21.2. The van der Waals surface area contributed by atoms with Gasteiger partial charge in [-0.05, 0) is 39.5 Å². The standard InChI is InChI=1S/C14H26N2O4/c1-14(2,3)20-13(18)16-7-5-6-10(9-16)11(15)8-12(17)19-4/h10-11H,5-9,15H2,1-4H3/t10-,11+/m0/s1. The van der Waals surface area contributed by atoms with Crippen LogP contribution in [0.25, 0.3) is 0 Å². The number of nitrogens with zero attached hydrogens (tertiary/aromatic N) is 1. The lowest BCUT2D eigenvalue weighted by Gasteiger charge is -2.36. The number of piperidine rings is 1. The lowest BCUT2D eigenvalue weighted by molar-refractivity contribution is -0.141. The quantitative estimate of drug-likeness (QED) is 0.795. The summed E-state index contributed by atoms with van der Waals surface area (Å²) < 4.78 is 9.99. The van der Waals surface area contributed by atoms with Crippen LogP contribution in [0, 0.1) is 5.92 Å².